The molecular formula is C20H27NO5. The van der Waals surface area contributed by atoms with Crippen LogP contribution in [0.1, 0.15) is 56.3 Å². The second-order valence-electron chi connectivity index (χ2n) is 7.19. The molecule has 0 spiro atoms. The van der Waals surface area contributed by atoms with Gasteiger partial charge in [0, 0.05) is 17.6 Å². The number of carboxylic acid groups (broad SMARTS) is 1. The molecule has 1 aliphatic heterocycles. The molecule has 26 heavy (non-hydrogen) atoms. The fraction of sp³-hybridized carbons (Fsp3) is 0.600. The number of rotatable bonds is 6. The summed E-state index contributed by atoms with van der Waals surface area (Å²) in [5.41, 5.74) is 0.564. The summed E-state index contributed by atoms with van der Waals surface area (Å²) in [5.74, 6) is 0.342. The van der Waals surface area contributed by atoms with Gasteiger partial charge >= 0.3 is 5.97 Å². The number of fused-ring (bicyclic) bond motifs is 1. The van der Waals surface area contributed by atoms with Gasteiger partial charge in [0.1, 0.15) is 0 Å². The highest BCUT2D eigenvalue weighted by molar-refractivity contribution is 5.95. The van der Waals surface area contributed by atoms with Crippen molar-refractivity contribution in [3.05, 3.63) is 23.8 Å². The van der Waals surface area contributed by atoms with Gasteiger partial charge in [0.25, 0.3) is 5.91 Å². The zero-order chi connectivity index (χ0) is 18.7. The van der Waals surface area contributed by atoms with E-state index >= 15 is 0 Å². The van der Waals surface area contributed by atoms with Crippen LogP contribution in [0.15, 0.2) is 18.2 Å². The van der Waals surface area contributed by atoms with Crippen molar-refractivity contribution in [2.45, 2.75) is 58.0 Å². The van der Waals surface area contributed by atoms with Crippen molar-refractivity contribution in [1.82, 2.24) is 4.90 Å². The van der Waals surface area contributed by atoms with Gasteiger partial charge in [-0.3, -0.25) is 4.79 Å². The zero-order valence-electron chi connectivity index (χ0n) is 15.4. The summed E-state index contributed by atoms with van der Waals surface area (Å²) >= 11 is 0. The summed E-state index contributed by atoms with van der Waals surface area (Å²) in [6, 6.07) is 5.58. The summed E-state index contributed by atoms with van der Waals surface area (Å²) in [7, 11) is 0. The van der Waals surface area contributed by atoms with E-state index < -0.39 is 12.6 Å². The molecule has 1 saturated heterocycles. The van der Waals surface area contributed by atoms with Crippen LogP contribution in [0.25, 0.3) is 0 Å². The highest BCUT2D eigenvalue weighted by Gasteiger charge is 2.42. The number of carboxylic acids is 1. The van der Waals surface area contributed by atoms with Gasteiger partial charge in [-0.05, 0) is 57.2 Å². The number of carbonyl (C=O) groups excluding carboxylic acids is 1. The molecule has 1 aromatic rings. The Labute approximate surface area is 154 Å². The number of ether oxygens (including phenoxy) is 2. The van der Waals surface area contributed by atoms with Gasteiger partial charge in [-0.1, -0.05) is 12.8 Å². The number of nitrogens with zero attached hydrogens (tertiary/aromatic N) is 1. The molecule has 2 fully saturated rings. The predicted molar refractivity (Wildman–Crippen MR) is 96.7 cm³/mol. The van der Waals surface area contributed by atoms with Gasteiger partial charge in [-0.25, -0.2) is 4.79 Å². The molecule has 142 valence electrons. The fourth-order valence-electron chi connectivity index (χ4n) is 4.38. The lowest BCUT2D eigenvalue weighted by molar-refractivity contribution is -0.139. The first-order chi connectivity index (χ1) is 12.5. The summed E-state index contributed by atoms with van der Waals surface area (Å²) in [6.45, 7) is 3.93. The second-order valence-corrected chi connectivity index (χ2v) is 7.19. The van der Waals surface area contributed by atoms with E-state index in [9.17, 15) is 9.59 Å². The largest absolute Gasteiger partial charge is 0.490 e. The van der Waals surface area contributed by atoms with E-state index in [1.807, 2.05) is 11.8 Å². The minimum Gasteiger partial charge on any atom is -0.490 e. The van der Waals surface area contributed by atoms with E-state index in [1.54, 1.807) is 18.2 Å². The third-order valence-electron chi connectivity index (χ3n) is 5.42. The SMILES string of the molecule is CCOc1cc(C(=O)N2C(C)CC3CCCCC32)ccc1OCC(=O)O. The molecule has 3 atom stereocenters. The monoisotopic (exact) mass is 361 g/mol. The molecule has 2 aliphatic rings. The smallest absolute Gasteiger partial charge is 0.341 e. The lowest BCUT2D eigenvalue weighted by Gasteiger charge is -2.33. The minimum absolute atomic E-state index is 0.0256. The third kappa shape index (κ3) is 3.79. The van der Waals surface area contributed by atoms with E-state index in [0.29, 0.717) is 35.6 Å². The Hall–Kier alpha value is -2.24. The number of aliphatic carboxylic acids is 1. The third-order valence-corrected chi connectivity index (χ3v) is 5.42. The van der Waals surface area contributed by atoms with Crippen LogP contribution >= 0.6 is 0 Å². The van der Waals surface area contributed by atoms with Crippen molar-refractivity contribution in [3.63, 3.8) is 0 Å². The Bertz CT molecular complexity index is 674. The molecule has 1 N–H and O–H groups in total. The lowest BCUT2D eigenvalue weighted by Crippen LogP contribution is -2.42. The molecule has 1 aromatic carbocycles. The number of benzene rings is 1. The topological polar surface area (TPSA) is 76.1 Å². The zero-order valence-corrected chi connectivity index (χ0v) is 15.4. The van der Waals surface area contributed by atoms with E-state index in [1.165, 1.54) is 19.3 Å². The van der Waals surface area contributed by atoms with Crippen LogP contribution in [0.2, 0.25) is 0 Å². The molecule has 6 nitrogen and oxygen atoms in total. The Kier molecular flexibility index (Phi) is 5.69. The molecule has 1 heterocycles. The Morgan fingerprint density at radius 2 is 1.96 bits per heavy atom. The van der Waals surface area contributed by atoms with Crippen molar-refractivity contribution in [3.8, 4) is 11.5 Å². The quantitative estimate of drug-likeness (QED) is 0.841. The van der Waals surface area contributed by atoms with E-state index in [0.717, 1.165) is 12.8 Å². The molecule has 1 aliphatic carbocycles. The van der Waals surface area contributed by atoms with Crippen molar-refractivity contribution in [2.24, 2.45) is 5.92 Å². The van der Waals surface area contributed by atoms with E-state index in [-0.39, 0.29) is 11.9 Å². The maximum absolute atomic E-state index is 13.2. The second kappa shape index (κ2) is 7.98. The molecule has 3 unspecified atom stereocenters. The fourth-order valence-corrected chi connectivity index (χ4v) is 4.38. The minimum atomic E-state index is -1.05. The molecule has 3 rings (SSSR count). The van der Waals surface area contributed by atoms with Crippen LogP contribution in [-0.4, -0.2) is 47.2 Å². The Balaban J connectivity index is 1.82. The number of likely N-dealkylation sites (tertiary alicyclic amines) is 1. The first kappa shape index (κ1) is 18.5. The van der Waals surface area contributed by atoms with Gasteiger partial charge in [-0.2, -0.15) is 0 Å². The molecule has 0 bridgehead atoms. The van der Waals surface area contributed by atoms with Crippen molar-refractivity contribution < 1.29 is 24.2 Å². The summed E-state index contributed by atoms with van der Waals surface area (Å²) in [5, 5.41) is 8.79. The van der Waals surface area contributed by atoms with Gasteiger partial charge in [-0.15, -0.1) is 0 Å². The normalized spacial score (nSPS) is 24.8. The van der Waals surface area contributed by atoms with Crippen molar-refractivity contribution in [2.75, 3.05) is 13.2 Å². The average molecular weight is 361 g/mol. The summed E-state index contributed by atoms with van der Waals surface area (Å²) < 4.78 is 10.8. The van der Waals surface area contributed by atoms with Crippen LogP contribution < -0.4 is 9.47 Å². The van der Waals surface area contributed by atoms with Crippen LogP contribution in [0.3, 0.4) is 0 Å². The maximum Gasteiger partial charge on any atom is 0.341 e. The van der Waals surface area contributed by atoms with Gasteiger partial charge in [0.15, 0.2) is 18.1 Å². The highest BCUT2D eigenvalue weighted by Crippen LogP contribution is 2.40. The molecular weight excluding hydrogens is 334 g/mol. The van der Waals surface area contributed by atoms with Crippen LogP contribution in [0.4, 0.5) is 0 Å². The van der Waals surface area contributed by atoms with Crippen LogP contribution in [-0.2, 0) is 4.79 Å². The Morgan fingerprint density at radius 1 is 1.19 bits per heavy atom. The van der Waals surface area contributed by atoms with Crippen molar-refractivity contribution in [1.29, 1.82) is 0 Å². The molecule has 0 aromatic heterocycles. The number of carbonyl (C=O) groups is 2. The van der Waals surface area contributed by atoms with Gasteiger partial charge in [0.2, 0.25) is 0 Å². The average Bonchev–Trinajstić information content (AvgIpc) is 2.95. The molecule has 1 amide bonds. The van der Waals surface area contributed by atoms with E-state index in [2.05, 4.69) is 6.92 Å². The highest BCUT2D eigenvalue weighted by atomic mass is 16.5. The van der Waals surface area contributed by atoms with Crippen molar-refractivity contribution >= 4 is 11.9 Å². The van der Waals surface area contributed by atoms with Gasteiger partial charge in [0.05, 0.1) is 6.61 Å². The number of hydrogen-bond acceptors (Lipinski definition) is 4. The molecule has 1 saturated carbocycles. The Morgan fingerprint density at radius 3 is 2.69 bits per heavy atom. The van der Waals surface area contributed by atoms with Crippen LogP contribution in [0.5, 0.6) is 11.5 Å². The van der Waals surface area contributed by atoms with Crippen LogP contribution in [0, 0.1) is 5.92 Å². The van der Waals surface area contributed by atoms with Gasteiger partial charge < -0.3 is 19.5 Å². The van der Waals surface area contributed by atoms with E-state index in [4.69, 9.17) is 14.6 Å². The summed E-state index contributed by atoms with van der Waals surface area (Å²) in [6.07, 6.45) is 5.82. The predicted octanol–water partition coefficient (Wildman–Crippen LogP) is 3.34. The first-order valence-corrected chi connectivity index (χ1v) is 9.45. The summed E-state index contributed by atoms with van der Waals surface area (Å²) in [4.78, 5) is 26.0. The number of hydrogen-bond donors (Lipinski definition) is 1. The first-order valence-electron chi connectivity index (χ1n) is 9.45. The maximum atomic E-state index is 13.2. The standard InChI is InChI=1S/C20H27NO5/c1-3-25-18-11-15(8-9-17(18)26-12-19(22)23)20(24)21-13(2)10-14-6-4-5-7-16(14)21/h8-9,11,13-14,16H,3-7,10,12H2,1-2H3,(H,22,23). The molecule has 6 heteroatoms. The number of amides is 1. The molecule has 0 radical (unpaired) electrons. The lowest BCUT2D eigenvalue weighted by atomic mass is 9.85.